The molecule has 1 aliphatic rings. The molecule has 1 fully saturated rings. The van der Waals surface area contributed by atoms with Gasteiger partial charge in [0, 0.05) is 37.3 Å². The lowest BCUT2D eigenvalue weighted by molar-refractivity contribution is 0.498. The highest BCUT2D eigenvalue weighted by Crippen LogP contribution is 2.31. The van der Waals surface area contributed by atoms with Gasteiger partial charge in [-0.3, -0.25) is 14.3 Å². The van der Waals surface area contributed by atoms with E-state index >= 15 is 0 Å². The van der Waals surface area contributed by atoms with Gasteiger partial charge in [0.1, 0.15) is 28.5 Å². The Kier molecular flexibility index (Phi) is 5.11. The van der Waals surface area contributed by atoms with Gasteiger partial charge in [0.05, 0.1) is 18.6 Å². The maximum atomic E-state index is 13.6. The summed E-state index contributed by atoms with van der Waals surface area (Å²) in [7, 11) is 0. The second-order valence-corrected chi connectivity index (χ2v) is 8.26. The van der Waals surface area contributed by atoms with E-state index in [1.807, 2.05) is 41.8 Å². The van der Waals surface area contributed by atoms with Crippen molar-refractivity contribution in [3.05, 3.63) is 64.5 Å². The van der Waals surface area contributed by atoms with Gasteiger partial charge in [0.25, 0.3) is 5.56 Å². The van der Waals surface area contributed by atoms with Crippen molar-refractivity contribution >= 4 is 27.6 Å². The number of fused-ring (bicyclic) bond motifs is 2. The molecule has 1 atom stereocenters. The van der Waals surface area contributed by atoms with Crippen molar-refractivity contribution in [2.75, 3.05) is 18.0 Å². The molecule has 162 valence electrons. The number of hydrogen-bond acceptors (Lipinski definition) is 6. The van der Waals surface area contributed by atoms with Crippen molar-refractivity contribution in [3.63, 3.8) is 0 Å². The fourth-order valence-electron chi connectivity index (χ4n) is 4.78. The summed E-state index contributed by atoms with van der Waals surface area (Å²) in [5.41, 5.74) is 8.20. The average molecular weight is 428 g/mol. The van der Waals surface area contributed by atoms with Gasteiger partial charge in [0.15, 0.2) is 0 Å². The Morgan fingerprint density at radius 2 is 2.09 bits per heavy atom. The van der Waals surface area contributed by atoms with Crippen LogP contribution in [0.15, 0.2) is 47.7 Å². The predicted molar refractivity (Wildman–Crippen MR) is 125 cm³/mol. The van der Waals surface area contributed by atoms with Crippen molar-refractivity contribution in [1.82, 2.24) is 19.1 Å². The normalized spacial score (nSPS) is 16.5. The number of hydrogen-bond donors (Lipinski definition) is 1. The van der Waals surface area contributed by atoms with Gasteiger partial charge < -0.3 is 15.2 Å². The first-order valence-corrected chi connectivity index (χ1v) is 11.0. The van der Waals surface area contributed by atoms with Gasteiger partial charge >= 0.3 is 0 Å². The number of aryl methyl sites for hydroxylation is 1. The van der Waals surface area contributed by atoms with Crippen LogP contribution < -0.4 is 16.2 Å². The Bertz CT molecular complexity index is 1410. The van der Waals surface area contributed by atoms with Crippen LogP contribution in [0.2, 0.25) is 0 Å². The quantitative estimate of drug-likeness (QED) is 0.537. The molecule has 0 spiro atoms. The standard InChI is InChI=1S/C24H25N7O/c1-2-31-22-21(19(12-25)23(31)29-11-5-7-17(26)13-29)28-15-30(24(22)32)14-20-18-8-4-3-6-16(18)9-10-27-20/h3-4,6,8-10,15,17H,2,5,7,11,13-14,26H2,1H3/t17-/m1/s1. The highest BCUT2D eigenvalue weighted by molar-refractivity contribution is 5.89. The Balaban J connectivity index is 1.67. The number of pyridine rings is 1. The summed E-state index contributed by atoms with van der Waals surface area (Å²) >= 11 is 0. The number of anilines is 1. The van der Waals surface area contributed by atoms with Crippen molar-refractivity contribution in [2.24, 2.45) is 5.73 Å². The first-order chi connectivity index (χ1) is 15.6. The lowest BCUT2D eigenvalue weighted by Crippen LogP contribution is -2.44. The minimum Gasteiger partial charge on any atom is -0.355 e. The summed E-state index contributed by atoms with van der Waals surface area (Å²) in [6.07, 6.45) is 5.21. The number of nitrogens with two attached hydrogens (primary N) is 1. The molecule has 1 saturated heterocycles. The molecule has 5 rings (SSSR count). The third-order valence-electron chi connectivity index (χ3n) is 6.26. The van der Waals surface area contributed by atoms with Crippen LogP contribution in [0.4, 0.5) is 5.82 Å². The zero-order valence-corrected chi connectivity index (χ0v) is 18.0. The number of nitriles is 1. The van der Waals surface area contributed by atoms with Gasteiger partial charge in [0.2, 0.25) is 0 Å². The first-order valence-electron chi connectivity index (χ1n) is 11.0. The summed E-state index contributed by atoms with van der Waals surface area (Å²) < 4.78 is 3.50. The topological polar surface area (TPSA) is 106 Å². The molecule has 4 aromatic rings. The van der Waals surface area contributed by atoms with Gasteiger partial charge in [-0.1, -0.05) is 24.3 Å². The smallest absolute Gasteiger partial charge is 0.278 e. The van der Waals surface area contributed by atoms with Crippen LogP contribution >= 0.6 is 0 Å². The van der Waals surface area contributed by atoms with Crippen LogP contribution in [0.3, 0.4) is 0 Å². The van der Waals surface area contributed by atoms with Crippen molar-refractivity contribution in [2.45, 2.75) is 38.9 Å². The van der Waals surface area contributed by atoms with E-state index in [-0.39, 0.29) is 11.6 Å². The molecular formula is C24H25N7O. The molecule has 0 radical (unpaired) electrons. The summed E-state index contributed by atoms with van der Waals surface area (Å²) in [6, 6.07) is 12.3. The molecule has 2 N–H and O–H groups in total. The minimum atomic E-state index is -0.171. The molecule has 0 saturated carbocycles. The zero-order chi connectivity index (χ0) is 22.2. The largest absolute Gasteiger partial charge is 0.355 e. The van der Waals surface area contributed by atoms with Crippen molar-refractivity contribution in [1.29, 1.82) is 5.26 Å². The molecule has 1 aliphatic heterocycles. The second kappa shape index (κ2) is 8.09. The Labute approximate surface area is 185 Å². The lowest BCUT2D eigenvalue weighted by atomic mass is 10.1. The molecule has 0 amide bonds. The van der Waals surface area contributed by atoms with E-state index < -0.39 is 0 Å². The third kappa shape index (κ3) is 3.22. The molecule has 32 heavy (non-hydrogen) atoms. The highest BCUT2D eigenvalue weighted by Gasteiger charge is 2.28. The maximum Gasteiger partial charge on any atom is 0.278 e. The minimum absolute atomic E-state index is 0.0562. The molecule has 0 aliphatic carbocycles. The summed E-state index contributed by atoms with van der Waals surface area (Å²) in [5, 5.41) is 12.0. The predicted octanol–water partition coefficient (Wildman–Crippen LogP) is 2.61. The average Bonchev–Trinajstić information content (AvgIpc) is 3.15. The summed E-state index contributed by atoms with van der Waals surface area (Å²) in [6.45, 7) is 4.33. The zero-order valence-electron chi connectivity index (χ0n) is 18.0. The first kappa shape index (κ1) is 20.2. The van der Waals surface area contributed by atoms with Crippen LogP contribution in [0.25, 0.3) is 21.8 Å². The molecular weight excluding hydrogens is 402 g/mol. The van der Waals surface area contributed by atoms with Crippen LogP contribution in [-0.4, -0.2) is 38.2 Å². The number of aromatic nitrogens is 4. The van der Waals surface area contributed by atoms with Crippen LogP contribution in [0.5, 0.6) is 0 Å². The Morgan fingerprint density at radius 3 is 2.88 bits per heavy atom. The molecule has 0 unspecified atom stereocenters. The lowest BCUT2D eigenvalue weighted by Gasteiger charge is -2.33. The van der Waals surface area contributed by atoms with E-state index in [2.05, 4.69) is 20.9 Å². The summed E-state index contributed by atoms with van der Waals surface area (Å²) in [5.74, 6) is 0.755. The molecule has 8 nitrogen and oxygen atoms in total. The number of piperidine rings is 1. The van der Waals surface area contributed by atoms with E-state index in [0.717, 1.165) is 41.7 Å². The van der Waals surface area contributed by atoms with Gasteiger partial charge in [-0.15, -0.1) is 0 Å². The van der Waals surface area contributed by atoms with E-state index in [1.165, 1.54) is 6.33 Å². The number of benzene rings is 1. The van der Waals surface area contributed by atoms with E-state index in [0.29, 0.717) is 36.2 Å². The second-order valence-electron chi connectivity index (χ2n) is 8.26. The molecule has 0 bridgehead atoms. The summed E-state index contributed by atoms with van der Waals surface area (Å²) in [4.78, 5) is 24.8. The van der Waals surface area contributed by atoms with Crippen molar-refractivity contribution < 1.29 is 0 Å². The SMILES string of the molecule is CCn1c(N2CCC[C@@H](N)C2)c(C#N)c2ncn(Cc3nccc4ccccc34)c(=O)c21. The van der Waals surface area contributed by atoms with E-state index in [4.69, 9.17) is 5.73 Å². The fraction of sp³-hybridized carbons (Fsp3) is 0.333. The van der Waals surface area contributed by atoms with Crippen LogP contribution in [-0.2, 0) is 13.1 Å². The fourth-order valence-corrected chi connectivity index (χ4v) is 4.78. The molecule has 1 aromatic carbocycles. The van der Waals surface area contributed by atoms with Gasteiger partial charge in [-0.05, 0) is 31.2 Å². The molecule has 8 heteroatoms. The monoisotopic (exact) mass is 427 g/mol. The Hall–Kier alpha value is -3.70. The van der Waals surface area contributed by atoms with E-state index in [1.54, 1.807) is 10.8 Å². The number of nitrogens with zero attached hydrogens (tertiary/aromatic N) is 6. The van der Waals surface area contributed by atoms with Crippen LogP contribution in [0, 0.1) is 11.3 Å². The van der Waals surface area contributed by atoms with Gasteiger partial charge in [-0.2, -0.15) is 5.26 Å². The van der Waals surface area contributed by atoms with Gasteiger partial charge in [-0.25, -0.2) is 4.98 Å². The van der Waals surface area contributed by atoms with E-state index in [9.17, 15) is 10.1 Å². The number of rotatable bonds is 4. The Morgan fingerprint density at radius 1 is 1.25 bits per heavy atom. The molecule has 4 heterocycles. The third-order valence-corrected chi connectivity index (χ3v) is 6.26. The molecule has 3 aromatic heterocycles. The van der Waals surface area contributed by atoms with Crippen LogP contribution in [0.1, 0.15) is 31.0 Å². The maximum absolute atomic E-state index is 13.6. The highest BCUT2D eigenvalue weighted by atomic mass is 16.1. The van der Waals surface area contributed by atoms with Crippen molar-refractivity contribution in [3.8, 4) is 6.07 Å².